The third-order valence-electron chi connectivity index (χ3n) is 3.38. The highest BCUT2D eigenvalue weighted by molar-refractivity contribution is 7.89. The van der Waals surface area contributed by atoms with E-state index in [1.165, 1.54) is 17.3 Å². The van der Waals surface area contributed by atoms with Crippen LogP contribution < -0.4 is 0 Å². The monoisotopic (exact) mass is 332 g/mol. The molecule has 0 radical (unpaired) electrons. The van der Waals surface area contributed by atoms with Crippen LogP contribution in [0.1, 0.15) is 21.5 Å². The Labute approximate surface area is 126 Å². The Morgan fingerprint density at radius 3 is 2.24 bits per heavy atom. The van der Waals surface area contributed by atoms with Crippen molar-refractivity contribution in [1.29, 1.82) is 0 Å². The highest BCUT2D eigenvalue weighted by Gasteiger charge is 2.31. The predicted octanol–water partition coefficient (Wildman–Crippen LogP) is 0.608. The highest BCUT2D eigenvalue weighted by Crippen LogP contribution is 2.28. The molecule has 2 heterocycles. The third-order valence-corrected chi connectivity index (χ3v) is 6.58. The fourth-order valence-electron chi connectivity index (χ4n) is 2.21. The Morgan fingerprint density at radius 1 is 1.24 bits per heavy atom. The molecular formula is C12H16N2O5S2. The minimum atomic E-state index is -3.71. The zero-order chi connectivity index (χ0) is 15.8. The van der Waals surface area contributed by atoms with Crippen LogP contribution in [-0.2, 0) is 14.8 Å². The van der Waals surface area contributed by atoms with Crippen molar-refractivity contribution in [2.24, 2.45) is 0 Å². The maximum absolute atomic E-state index is 12.6. The Morgan fingerprint density at radius 2 is 1.81 bits per heavy atom. The van der Waals surface area contributed by atoms with Crippen molar-refractivity contribution in [3.63, 3.8) is 0 Å². The first-order valence-electron chi connectivity index (χ1n) is 6.33. The molecule has 0 atom stereocenters. The number of carboxylic acid groups (broad SMARTS) is 1. The molecular weight excluding hydrogens is 316 g/mol. The van der Waals surface area contributed by atoms with Gasteiger partial charge in [0.1, 0.15) is 4.88 Å². The van der Waals surface area contributed by atoms with E-state index in [9.17, 15) is 18.0 Å². The lowest BCUT2D eigenvalue weighted by atomic mass is 10.3. The van der Waals surface area contributed by atoms with Gasteiger partial charge in [0.25, 0.3) is 0 Å². The lowest BCUT2D eigenvalue weighted by molar-refractivity contribution is -0.129. The molecule has 2 rings (SSSR count). The Kier molecular flexibility index (Phi) is 4.35. The van der Waals surface area contributed by atoms with E-state index in [1.807, 2.05) is 0 Å². The van der Waals surface area contributed by atoms with Crippen molar-refractivity contribution >= 4 is 33.2 Å². The van der Waals surface area contributed by atoms with Crippen LogP contribution in [0, 0.1) is 6.92 Å². The van der Waals surface area contributed by atoms with Crippen molar-refractivity contribution in [3.8, 4) is 0 Å². The van der Waals surface area contributed by atoms with Crippen LogP contribution >= 0.6 is 11.3 Å². The van der Waals surface area contributed by atoms with Gasteiger partial charge in [-0.1, -0.05) is 0 Å². The van der Waals surface area contributed by atoms with Gasteiger partial charge in [0, 0.05) is 38.0 Å². The number of amides is 1. The van der Waals surface area contributed by atoms with E-state index in [4.69, 9.17) is 5.11 Å². The standard InChI is InChI=1S/C12H16N2O5S2/c1-8-11(7-10(20-8)12(16)17)21(18,19)14-5-3-13(4-6-14)9(2)15/h7H,3-6H2,1-2H3,(H,16,17). The molecule has 0 unspecified atom stereocenters. The summed E-state index contributed by atoms with van der Waals surface area (Å²) in [5, 5.41) is 8.95. The van der Waals surface area contributed by atoms with Crippen molar-refractivity contribution < 1.29 is 23.1 Å². The molecule has 1 N–H and O–H groups in total. The molecule has 0 saturated carbocycles. The Balaban J connectivity index is 2.23. The average Bonchev–Trinajstić information content (AvgIpc) is 2.82. The second-order valence-electron chi connectivity index (χ2n) is 4.75. The smallest absolute Gasteiger partial charge is 0.345 e. The minimum absolute atomic E-state index is 0.00782. The molecule has 1 amide bonds. The number of aromatic carboxylic acids is 1. The fraction of sp³-hybridized carbons (Fsp3) is 0.500. The maximum Gasteiger partial charge on any atom is 0.345 e. The van der Waals surface area contributed by atoms with Crippen LogP contribution in [0.2, 0.25) is 0 Å². The minimum Gasteiger partial charge on any atom is -0.477 e. The van der Waals surface area contributed by atoms with E-state index in [0.717, 1.165) is 11.3 Å². The zero-order valence-corrected chi connectivity index (χ0v) is 13.3. The molecule has 0 aromatic carbocycles. The number of carbonyl (C=O) groups is 2. The molecule has 116 valence electrons. The molecule has 1 aromatic heterocycles. The summed E-state index contributed by atoms with van der Waals surface area (Å²) in [5.41, 5.74) is 0. The summed E-state index contributed by atoms with van der Waals surface area (Å²) < 4.78 is 26.4. The number of carboxylic acids is 1. The number of carbonyl (C=O) groups excluding carboxylic acids is 1. The number of aryl methyl sites for hydroxylation is 1. The van der Waals surface area contributed by atoms with Gasteiger partial charge in [0.05, 0.1) is 4.90 Å². The van der Waals surface area contributed by atoms with Crippen LogP contribution in [0.3, 0.4) is 0 Å². The number of hydrogen-bond acceptors (Lipinski definition) is 5. The molecule has 1 saturated heterocycles. The molecule has 0 spiro atoms. The van der Waals surface area contributed by atoms with Gasteiger partial charge in [-0.3, -0.25) is 4.79 Å². The number of hydrogen-bond donors (Lipinski definition) is 1. The highest BCUT2D eigenvalue weighted by atomic mass is 32.2. The molecule has 9 heteroatoms. The van der Waals surface area contributed by atoms with Crippen LogP contribution in [0.5, 0.6) is 0 Å². The van der Waals surface area contributed by atoms with Crippen LogP contribution in [0.4, 0.5) is 0 Å². The summed E-state index contributed by atoms with van der Waals surface area (Å²) in [6.45, 7) is 4.19. The number of thiophene rings is 1. The van der Waals surface area contributed by atoms with Gasteiger partial charge in [0.15, 0.2) is 0 Å². The van der Waals surface area contributed by atoms with Gasteiger partial charge < -0.3 is 10.0 Å². The first-order valence-corrected chi connectivity index (χ1v) is 8.58. The first-order chi connectivity index (χ1) is 9.73. The fourth-order valence-corrected chi connectivity index (χ4v) is 5.03. The van der Waals surface area contributed by atoms with E-state index in [-0.39, 0.29) is 28.8 Å². The largest absolute Gasteiger partial charge is 0.477 e. The lowest BCUT2D eigenvalue weighted by Crippen LogP contribution is -2.49. The van der Waals surface area contributed by atoms with Gasteiger partial charge in [0.2, 0.25) is 15.9 Å². The van der Waals surface area contributed by atoms with E-state index >= 15 is 0 Å². The van der Waals surface area contributed by atoms with Gasteiger partial charge in [-0.2, -0.15) is 4.31 Å². The van der Waals surface area contributed by atoms with Crippen LogP contribution in [-0.4, -0.2) is 60.8 Å². The van der Waals surface area contributed by atoms with Gasteiger partial charge in [-0.15, -0.1) is 11.3 Å². The summed E-state index contributed by atoms with van der Waals surface area (Å²) >= 11 is 0.949. The van der Waals surface area contributed by atoms with Crippen LogP contribution in [0.25, 0.3) is 0 Å². The average molecular weight is 332 g/mol. The molecule has 0 aliphatic carbocycles. The van der Waals surface area contributed by atoms with E-state index in [2.05, 4.69) is 0 Å². The number of rotatable bonds is 3. The molecule has 7 nitrogen and oxygen atoms in total. The second kappa shape index (κ2) is 5.74. The molecule has 1 fully saturated rings. The number of sulfonamides is 1. The summed E-state index contributed by atoms with van der Waals surface area (Å²) in [7, 11) is -3.71. The molecule has 21 heavy (non-hydrogen) atoms. The molecule has 0 bridgehead atoms. The molecule has 1 aromatic rings. The first kappa shape index (κ1) is 15.9. The van der Waals surface area contributed by atoms with E-state index in [1.54, 1.807) is 11.8 Å². The second-order valence-corrected chi connectivity index (χ2v) is 7.91. The predicted molar refractivity (Wildman–Crippen MR) is 77.0 cm³/mol. The van der Waals surface area contributed by atoms with E-state index < -0.39 is 16.0 Å². The molecule has 1 aliphatic rings. The normalized spacial score (nSPS) is 17.0. The Bertz CT molecular complexity index is 672. The van der Waals surface area contributed by atoms with Gasteiger partial charge in [-0.05, 0) is 13.0 Å². The topological polar surface area (TPSA) is 95.0 Å². The van der Waals surface area contributed by atoms with Crippen LogP contribution in [0.15, 0.2) is 11.0 Å². The summed E-state index contributed by atoms with van der Waals surface area (Å²) in [6.07, 6.45) is 0. The number of nitrogens with zero attached hydrogens (tertiary/aromatic N) is 2. The van der Waals surface area contributed by atoms with E-state index in [0.29, 0.717) is 18.0 Å². The van der Waals surface area contributed by atoms with Gasteiger partial charge >= 0.3 is 5.97 Å². The summed E-state index contributed by atoms with van der Waals surface area (Å²) in [5.74, 6) is -1.21. The zero-order valence-electron chi connectivity index (χ0n) is 11.7. The van der Waals surface area contributed by atoms with Crippen molar-refractivity contribution in [2.45, 2.75) is 18.7 Å². The van der Waals surface area contributed by atoms with Crippen molar-refractivity contribution in [2.75, 3.05) is 26.2 Å². The quantitative estimate of drug-likeness (QED) is 0.875. The number of piperazine rings is 1. The third kappa shape index (κ3) is 3.09. The van der Waals surface area contributed by atoms with Crippen molar-refractivity contribution in [3.05, 3.63) is 15.8 Å². The SMILES string of the molecule is CC(=O)N1CCN(S(=O)(=O)c2cc(C(=O)O)sc2C)CC1. The van der Waals surface area contributed by atoms with Crippen molar-refractivity contribution in [1.82, 2.24) is 9.21 Å². The summed E-state index contributed by atoms with van der Waals surface area (Å²) in [4.78, 5) is 24.3. The maximum atomic E-state index is 12.6. The van der Waals surface area contributed by atoms with Gasteiger partial charge in [-0.25, -0.2) is 13.2 Å². The summed E-state index contributed by atoms with van der Waals surface area (Å²) in [6, 6.07) is 1.20. The Hall–Kier alpha value is -1.45. The lowest BCUT2D eigenvalue weighted by Gasteiger charge is -2.33. The molecule has 1 aliphatic heterocycles.